The Morgan fingerprint density at radius 2 is 1.33 bits per heavy atom. The molecule has 0 N–H and O–H groups in total. The van der Waals surface area contributed by atoms with Crippen LogP contribution in [-0.2, 0) is 0 Å². The van der Waals surface area contributed by atoms with Gasteiger partial charge in [0.15, 0.2) is 0 Å². The molecule has 1 aromatic carbocycles. The molecule has 1 aromatic rings. The Hall–Kier alpha value is -0.980. The molecule has 0 spiro atoms. The first-order chi connectivity index (χ1) is 11.7. The molecule has 134 valence electrons. The molecule has 0 unspecified atom stereocenters. The van der Waals surface area contributed by atoms with Crippen LogP contribution in [-0.4, -0.2) is 6.61 Å². The summed E-state index contributed by atoms with van der Waals surface area (Å²) in [6.45, 7) is 7.85. The van der Waals surface area contributed by atoms with Crippen LogP contribution >= 0.6 is 0 Å². The van der Waals surface area contributed by atoms with E-state index in [1.165, 1.54) is 51.4 Å². The smallest absolute Gasteiger partial charge is 0.119 e. The molecule has 1 heteroatoms. The quantitative estimate of drug-likeness (QED) is 0.562. The molecule has 2 aliphatic rings. The van der Waals surface area contributed by atoms with Crippen LogP contribution in [0.1, 0.15) is 102 Å². The average molecular weight is 329 g/mol. The van der Waals surface area contributed by atoms with Crippen molar-refractivity contribution in [3.63, 3.8) is 0 Å². The number of rotatable bonds is 5. The van der Waals surface area contributed by atoms with Gasteiger partial charge in [-0.1, -0.05) is 52.5 Å². The second-order valence-electron chi connectivity index (χ2n) is 8.55. The number of benzene rings is 1. The third-order valence-corrected chi connectivity index (χ3v) is 6.44. The third kappa shape index (κ3) is 4.35. The first kappa shape index (κ1) is 17.8. The van der Waals surface area contributed by atoms with E-state index in [0.717, 1.165) is 42.4 Å². The van der Waals surface area contributed by atoms with Gasteiger partial charge in [-0.2, -0.15) is 0 Å². The van der Waals surface area contributed by atoms with Gasteiger partial charge in [0.25, 0.3) is 0 Å². The van der Waals surface area contributed by atoms with E-state index in [2.05, 4.69) is 39.0 Å². The topological polar surface area (TPSA) is 9.23 Å². The molecule has 0 radical (unpaired) electrons. The monoisotopic (exact) mass is 328 g/mol. The Bertz CT molecular complexity index is 505. The Labute approximate surface area is 149 Å². The summed E-state index contributed by atoms with van der Waals surface area (Å²) >= 11 is 0. The fraction of sp³-hybridized carbons (Fsp3) is 0.739. The summed E-state index contributed by atoms with van der Waals surface area (Å²) in [4.78, 5) is 0. The average Bonchev–Trinajstić information content (AvgIpc) is 2.61. The third-order valence-electron chi connectivity index (χ3n) is 6.44. The Morgan fingerprint density at radius 3 is 1.88 bits per heavy atom. The van der Waals surface area contributed by atoms with Crippen LogP contribution in [0.2, 0.25) is 0 Å². The Balaban J connectivity index is 1.83. The van der Waals surface area contributed by atoms with Crippen molar-refractivity contribution in [1.29, 1.82) is 0 Å². The van der Waals surface area contributed by atoms with Gasteiger partial charge >= 0.3 is 0 Å². The van der Waals surface area contributed by atoms with Crippen molar-refractivity contribution >= 4 is 0 Å². The molecule has 1 nitrogen and oxygen atoms in total. The summed E-state index contributed by atoms with van der Waals surface area (Å²) in [7, 11) is 0. The van der Waals surface area contributed by atoms with Crippen LogP contribution in [0, 0.1) is 11.8 Å². The summed E-state index contributed by atoms with van der Waals surface area (Å²) in [6, 6.07) is 7.06. The lowest BCUT2D eigenvalue weighted by atomic mass is 9.73. The van der Waals surface area contributed by atoms with Gasteiger partial charge in [0, 0.05) is 0 Å². The van der Waals surface area contributed by atoms with Crippen LogP contribution < -0.4 is 4.74 Å². The molecule has 0 bridgehead atoms. The van der Waals surface area contributed by atoms with Crippen LogP contribution in [0.5, 0.6) is 5.75 Å². The van der Waals surface area contributed by atoms with Gasteiger partial charge in [0.05, 0.1) is 6.61 Å². The molecule has 2 saturated carbocycles. The lowest BCUT2D eigenvalue weighted by Crippen LogP contribution is -2.16. The maximum absolute atomic E-state index is 5.97. The van der Waals surface area contributed by atoms with E-state index in [0.29, 0.717) is 0 Å². The maximum Gasteiger partial charge on any atom is 0.119 e. The highest BCUT2D eigenvalue weighted by molar-refractivity contribution is 5.40. The van der Waals surface area contributed by atoms with Crippen molar-refractivity contribution in [1.82, 2.24) is 0 Å². The summed E-state index contributed by atoms with van der Waals surface area (Å²) in [6.07, 6.45) is 12.2. The largest absolute Gasteiger partial charge is 0.494 e. The second-order valence-corrected chi connectivity index (χ2v) is 8.55. The van der Waals surface area contributed by atoms with E-state index in [1.54, 1.807) is 11.1 Å². The van der Waals surface area contributed by atoms with Crippen molar-refractivity contribution in [2.24, 2.45) is 11.8 Å². The van der Waals surface area contributed by atoms with Gasteiger partial charge in [0.2, 0.25) is 0 Å². The van der Waals surface area contributed by atoms with Gasteiger partial charge in [-0.15, -0.1) is 0 Å². The van der Waals surface area contributed by atoms with E-state index >= 15 is 0 Å². The minimum Gasteiger partial charge on any atom is -0.494 e. The predicted octanol–water partition coefficient (Wildman–Crippen LogP) is 7.06. The Kier molecular flexibility index (Phi) is 6.25. The maximum atomic E-state index is 5.97. The van der Waals surface area contributed by atoms with Crippen LogP contribution in [0.4, 0.5) is 0 Å². The number of hydrogen-bond donors (Lipinski definition) is 0. The predicted molar refractivity (Wildman–Crippen MR) is 103 cm³/mol. The van der Waals surface area contributed by atoms with Gasteiger partial charge in [-0.3, -0.25) is 0 Å². The number of hydrogen-bond acceptors (Lipinski definition) is 1. The van der Waals surface area contributed by atoms with Crippen molar-refractivity contribution in [2.45, 2.75) is 90.4 Å². The normalized spacial score (nSPS) is 31.0. The van der Waals surface area contributed by atoms with Crippen molar-refractivity contribution < 1.29 is 4.74 Å². The van der Waals surface area contributed by atoms with Gasteiger partial charge in [0.1, 0.15) is 5.75 Å². The summed E-state index contributed by atoms with van der Waals surface area (Å²) in [5, 5.41) is 0. The van der Waals surface area contributed by atoms with Crippen LogP contribution in [0.15, 0.2) is 18.2 Å². The molecule has 0 atom stereocenters. The van der Waals surface area contributed by atoms with E-state index in [1.807, 2.05) is 0 Å². The summed E-state index contributed by atoms with van der Waals surface area (Å²) < 4.78 is 5.97. The molecule has 2 fully saturated rings. The zero-order valence-corrected chi connectivity index (χ0v) is 16.0. The zero-order valence-electron chi connectivity index (χ0n) is 16.0. The highest BCUT2D eigenvalue weighted by Gasteiger charge is 2.27. The molecule has 24 heavy (non-hydrogen) atoms. The van der Waals surface area contributed by atoms with E-state index < -0.39 is 0 Å². The van der Waals surface area contributed by atoms with Crippen LogP contribution in [0.3, 0.4) is 0 Å². The van der Waals surface area contributed by atoms with Crippen molar-refractivity contribution in [3.05, 3.63) is 29.3 Å². The molecule has 2 aliphatic carbocycles. The lowest BCUT2D eigenvalue weighted by Gasteiger charge is -2.33. The highest BCUT2D eigenvalue weighted by Crippen LogP contribution is 2.44. The van der Waals surface area contributed by atoms with Crippen molar-refractivity contribution in [2.75, 3.05) is 6.61 Å². The van der Waals surface area contributed by atoms with E-state index in [9.17, 15) is 0 Å². The van der Waals surface area contributed by atoms with E-state index in [4.69, 9.17) is 4.74 Å². The van der Waals surface area contributed by atoms with Gasteiger partial charge in [-0.25, -0.2) is 0 Å². The number of ether oxygens (including phenoxy) is 1. The fourth-order valence-electron chi connectivity index (χ4n) is 4.73. The highest BCUT2D eigenvalue weighted by atomic mass is 16.5. The molecular weight excluding hydrogens is 292 g/mol. The summed E-state index contributed by atoms with van der Waals surface area (Å²) in [5.74, 6) is 4.49. The SMILES string of the molecule is CCCOc1ccc(C2CCC(C)CC2)c(C2CCC(C)CC2)c1. The van der Waals surface area contributed by atoms with Gasteiger partial charge < -0.3 is 4.74 Å². The minimum atomic E-state index is 0.765. The van der Waals surface area contributed by atoms with Crippen LogP contribution in [0.25, 0.3) is 0 Å². The molecule has 3 rings (SSSR count). The van der Waals surface area contributed by atoms with E-state index in [-0.39, 0.29) is 0 Å². The second kappa shape index (κ2) is 8.41. The molecule has 0 saturated heterocycles. The summed E-state index contributed by atoms with van der Waals surface area (Å²) in [5.41, 5.74) is 3.29. The van der Waals surface area contributed by atoms with Crippen molar-refractivity contribution in [3.8, 4) is 5.75 Å². The molecule has 0 aromatic heterocycles. The fourth-order valence-corrected chi connectivity index (χ4v) is 4.73. The standard InChI is InChI=1S/C23H36O/c1-4-15-24-21-13-14-22(19-9-5-17(2)6-10-19)23(16-21)20-11-7-18(3)8-12-20/h13-14,16-20H,4-12,15H2,1-3H3. The lowest BCUT2D eigenvalue weighted by molar-refractivity contribution is 0.312. The minimum absolute atomic E-state index is 0.765. The molecular formula is C23H36O. The first-order valence-corrected chi connectivity index (χ1v) is 10.4. The molecule has 0 amide bonds. The molecule has 0 aliphatic heterocycles. The Morgan fingerprint density at radius 1 is 0.792 bits per heavy atom. The first-order valence-electron chi connectivity index (χ1n) is 10.4. The zero-order chi connectivity index (χ0) is 16.9. The van der Waals surface area contributed by atoms with Gasteiger partial charge in [-0.05, 0) is 79.0 Å². The molecule has 0 heterocycles.